The lowest BCUT2D eigenvalue weighted by atomic mass is 9.96. The van der Waals surface area contributed by atoms with Crippen molar-refractivity contribution < 1.29 is 13.9 Å². The van der Waals surface area contributed by atoms with Crippen LogP contribution in [-0.4, -0.2) is 47.0 Å². The summed E-state index contributed by atoms with van der Waals surface area (Å²) in [5, 5.41) is 13.1. The SMILES string of the molecule is CCOc1nc(C(=O)NCC2CCN(Cc3cnc(-c4ccc(F)cc4)s3)CC2)cc(N)c1C#N. The van der Waals surface area contributed by atoms with Crippen LogP contribution in [0.1, 0.15) is 40.7 Å². The van der Waals surface area contributed by atoms with Gasteiger partial charge in [0.2, 0.25) is 5.88 Å². The summed E-state index contributed by atoms with van der Waals surface area (Å²) in [6.07, 6.45) is 3.83. The lowest BCUT2D eigenvalue weighted by Crippen LogP contribution is -2.38. The van der Waals surface area contributed by atoms with Gasteiger partial charge in [-0.3, -0.25) is 9.69 Å². The molecule has 0 atom stereocenters. The minimum Gasteiger partial charge on any atom is -0.477 e. The molecule has 0 unspecified atom stereocenters. The number of carbonyl (C=O) groups excluding carboxylic acids is 1. The van der Waals surface area contributed by atoms with Crippen molar-refractivity contribution in [2.45, 2.75) is 26.3 Å². The lowest BCUT2D eigenvalue weighted by molar-refractivity contribution is 0.0929. The quantitative estimate of drug-likeness (QED) is 0.489. The number of carbonyl (C=O) groups is 1. The predicted molar refractivity (Wildman–Crippen MR) is 132 cm³/mol. The molecular weight excluding hydrogens is 467 g/mol. The Labute approximate surface area is 207 Å². The molecular formula is C25H27FN6O2S. The topological polar surface area (TPSA) is 117 Å². The largest absolute Gasteiger partial charge is 0.477 e. The summed E-state index contributed by atoms with van der Waals surface area (Å²) in [7, 11) is 0. The number of pyridine rings is 1. The van der Waals surface area contributed by atoms with Crippen molar-refractivity contribution in [2.75, 3.05) is 32.0 Å². The molecule has 1 aliphatic rings. The number of anilines is 1. The fourth-order valence-corrected chi connectivity index (χ4v) is 4.97. The highest BCUT2D eigenvalue weighted by atomic mass is 32.1. The molecule has 0 aliphatic carbocycles. The zero-order chi connectivity index (χ0) is 24.8. The number of thiazole rings is 1. The van der Waals surface area contributed by atoms with E-state index >= 15 is 0 Å². The van der Waals surface area contributed by atoms with Crippen molar-refractivity contribution in [1.82, 2.24) is 20.2 Å². The van der Waals surface area contributed by atoms with Crippen LogP contribution in [0.25, 0.3) is 10.6 Å². The normalized spacial score (nSPS) is 14.4. The Bertz CT molecular complexity index is 1220. The number of nitrogens with one attached hydrogen (secondary N) is 1. The highest BCUT2D eigenvalue weighted by Gasteiger charge is 2.22. The zero-order valence-corrected chi connectivity index (χ0v) is 20.3. The van der Waals surface area contributed by atoms with Gasteiger partial charge < -0.3 is 15.8 Å². The third kappa shape index (κ3) is 6.12. The molecule has 1 aromatic carbocycles. The number of aromatic nitrogens is 2. The monoisotopic (exact) mass is 494 g/mol. The molecule has 0 bridgehead atoms. The molecule has 35 heavy (non-hydrogen) atoms. The Morgan fingerprint density at radius 2 is 2.09 bits per heavy atom. The van der Waals surface area contributed by atoms with Gasteiger partial charge in [-0.05, 0) is 69.1 Å². The number of nitrogens with zero attached hydrogens (tertiary/aromatic N) is 4. The van der Waals surface area contributed by atoms with Crippen LogP contribution < -0.4 is 15.8 Å². The van der Waals surface area contributed by atoms with E-state index in [1.807, 2.05) is 12.3 Å². The maximum atomic E-state index is 13.2. The van der Waals surface area contributed by atoms with Crippen LogP contribution in [0.5, 0.6) is 5.88 Å². The van der Waals surface area contributed by atoms with Crippen molar-refractivity contribution in [2.24, 2.45) is 5.92 Å². The first kappa shape index (κ1) is 24.6. The summed E-state index contributed by atoms with van der Waals surface area (Å²) in [4.78, 5) is 24.9. The maximum Gasteiger partial charge on any atom is 0.270 e. The minimum absolute atomic E-state index is 0.0825. The number of nitrogen functional groups attached to an aromatic ring is 1. The van der Waals surface area contributed by atoms with Gasteiger partial charge in [0, 0.05) is 29.7 Å². The van der Waals surface area contributed by atoms with Crippen molar-refractivity contribution in [1.29, 1.82) is 5.26 Å². The first-order valence-electron chi connectivity index (χ1n) is 11.5. The van der Waals surface area contributed by atoms with Crippen LogP contribution in [0.4, 0.5) is 10.1 Å². The lowest BCUT2D eigenvalue weighted by Gasteiger charge is -2.31. The highest BCUT2D eigenvalue weighted by Crippen LogP contribution is 2.27. The standard InChI is InChI=1S/C25H27FN6O2S/c1-2-34-24-20(12-27)21(28)11-22(31-24)23(33)29-13-16-7-9-32(10-8-16)15-19-14-30-25(35-19)17-3-5-18(26)6-4-17/h3-6,11,14,16H,2,7-10,13,15H2,1H3,(H2,28,31)(H,29,33). The van der Waals surface area contributed by atoms with E-state index in [0.717, 1.165) is 43.0 Å². The first-order valence-corrected chi connectivity index (χ1v) is 12.3. The zero-order valence-electron chi connectivity index (χ0n) is 19.5. The number of nitriles is 1. The van der Waals surface area contributed by atoms with Gasteiger partial charge in [0.15, 0.2) is 0 Å². The summed E-state index contributed by atoms with van der Waals surface area (Å²) in [5.74, 6) is -0.132. The Kier molecular flexibility index (Phi) is 7.90. The molecule has 2 aromatic heterocycles. The molecule has 10 heteroatoms. The average Bonchev–Trinajstić information content (AvgIpc) is 3.32. The second-order valence-electron chi connectivity index (χ2n) is 8.39. The van der Waals surface area contributed by atoms with E-state index in [4.69, 9.17) is 10.5 Å². The van der Waals surface area contributed by atoms with Crippen LogP contribution in [-0.2, 0) is 6.54 Å². The smallest absolute Gasteiger partial charge is 0.270 e. The highest BCUT2D eigenvalue weighted by molar-refractivity contribution is 7.15. The number of nitrogens with two attached hydrogens (primary N) is 1. The molecule has 3 heterocycles. The van der Waals surface area contributed by atoms with Crippen LogP contribution >= 0.6 is 11.3 Å². The number of amides is 1. The second-order valence-corrected chi connectivity index (χ2v) is 9.51. The van der Waals surface area contributed by atoms with Crippen molar-refractivity contribution in [3.05, 3.63) is 58.5 Å². The van der Waals surface area contributed by atoms with Crippen LogP contribution in [0.15, 0.2) is 36.5 Å². The van der Waals surface area contributed by atoms with E-state index in [1.54, 1.807) is 30.4 Å². The molecule has 1 amide bonds. The number of rotatable bonds is 8. The van der Waals surface area contributed by atoms with Crippen molar-refractivity contribution in [3.63, 3.8) is 0 Å². The van der Waals surface area contributed by atoms with Gasteiger partial charge in [0.05, 0.1) is 12.3 Å². The van der Waals surface area contributed by atoms with E-state index in [1.165, 1.54) is 23.1 Å². The van der Waals surface area contributed by atoms with Crippen LogP contribution in [0.2, 0.25) is 0 Å². The average molecular weight is 495 g/mol. The molecule has 8 nitrogen and oxygen atoms in total. The Hall–Kier alpha value is -3.55. The summed E-state index contributed by atoms with van der Waals surface area (Å²) in [5.41, 5.74) is 7.29. The molecule has 4 rings (SSSR count). The van der Waals surface area contributed by atoms with Gasteiger partial charge in [-0.2, -0.15) is 5.26 Å². The molecule has 0 saturated carbocycles. The summed E-state index contributed by atoms with van der Waals surface area (Å²) in [6.45, 7) is 5.33. The van der Waals surface area contributed by atoms with Crippen LogP contribution in [0, 0.1) is 23.1 Å². The van der Waals surface area contributed by atoms with Crippen molar-refractivity contribution >= 4 is 22.9 Å². The summed E-state index contributed by atoms with van der Waals surface area (Å²) >= 11 is 1.63. The second kappa shape index (κ2) is 11.3. The van der Waals surface area contributed by atoms with Gasteiger partial charge in [-0.1, -0.05) is 0 Å². The fraction of sp³-hybridized carbons (Fsp3) is 0.360. The number of hydrogen-bond donors (Lipinski definition) is 2. The van der Waals surface area contributed by atoms with E-state index in [0.29, 0.717) is 19.1 Å². The minimum atomic E-state index is -0.331. The first-order chi connectivity index (χ1) is 17.0. The van der Waals surface area contributed by atoms with E-state index in [2.05, 4.69) is 20.2 Å². The van der Waals surface area contributed by atoms with Gasteiger partial charge in [0.1, 0.15) is 28.2 Å². The maximum absolute atomic E-state index is 13.2. The molecule has 182 valence electrons. The molecule has 0 radical (unpaired) electrons. The summed E-state index contributed by atoms with van der Waals surface area (Å²) in [6, 6.07) is 9.77. The number of ether oxygens (including phenoxy) is 1. The van der Waals surface area contributed by atoms with Crippen molar-refractivity contribution in [3.8, 4) is 22.5 Å². The third-order valence-corrected chi connectivity index (χ3v) is 6.96. The number of halogens is 1. The molecule has 3 N–H and O–H groups in total. The van der Waals surface area contributed by atoms with E-state index in [-0.39, 0.29) is 34.5 Å². The molecule has 1 aliphatic heterocycles. The fourth-order valence-electron chi connectivity index (χ4n) is 4.01. The number of likely N-dealkylation sites (tertiary alicyclic amines) is 1. The number of benzene rings is 1. The Morgan fingerprint density at radius 3 is 2.77 bits per heavy atom. The number of piperidine rings is 1. The molecule has 3 aromatic rings. The Morgan fingerprint density at radius 1 is 1.34 bits per heavy atom. The van der Waals surface area contributed by atoms with E-state index in [9.17, 15) is 14.4 Å². The predicted octanol–water partition coefficient (Wildman–Crippen LogP) is 3.84. The molecule has 0 spiro atoms. The molecule has 1 saturated heterocycles. The summed E-state index contributed by atoms with van der Waals surface area (Å²) < 4.78 is 18.5. The Balaban J connectivity index is 1.26. The van der Waals surface area contributed by atoms with Gasteiger partial charge in [0.25, 0.3) is 5.91 Å². The van der Waals surface area contributed by atoms with Crippen LogP contribution in [0.3, 0.4) is 0 Å². The molecule has 1 fully saturated rings. The number of hydrogen-bond acceptors (Lipinski definition) is 8. The van der Waals surface area contributed by atoms with Gasteiger partial charge >= 0.3 is 0 Å². The van der Waals surface area contributed by atoms with Gasteiger partial charge in [-0.25, -0.2) is 14.4 Å². The van der Waals surface area contributed by atoms with E-state index < -0.39 is 0 Å². The van der Waals surface area contributed by atoms with Gasteiger partial charge in [-0.15, -0.1) is 11.3 Å². The third-order valence-electron chi connectivity index (χ3n) is 5.92.